The number of rotatable bonds is 6. The smallest absolute Gasteiger partial charge is 0.236 e. The molecule has 0 bridgehead atoms. The van der Waals surface area contributed by atoms with E-state index in [1.807, 2.05) is 20.0 Å². The molecule has 35 heavy (non-hydrogen) atoms. The summed E-state index contributed by atoms with van der Waals surface area (Å²) in [6.45, 7) is 6.30. The van der Waals surface area contributed by atoms with E-state index >= 15 is 4.39 Å². The molecule has 2 saturated heterocycles. The number of carbonyl (C=O) groups excluding carboxylic acids is 1. The minimum atomic E-state index is -0.404. The third-order valence-corrected chi connectivity index (χ3v) is 6.81. The van der Waals surface area contributed by atoms with Crippen LogP contribution in [-0.4, -0.2) is 89.6 Å². The number of nitrogens with zero attached hydrogens (tertiary/aromatic N) is 6. The predicted molar refractivity (Wildman–Crippen MR) is 130 cm³/mol. The van der Waals surface area contributed by atoms with Crippen LogP contribution in [0.5, 0.6) is 0 Å². The van der Waals surface area contributed by atoms with Crippen molar-refractivity contribution in [2.75, 3.05) is 62.7 Å². The normalized spacial score (nSPS) is 17.2. The maximum absolute atomic E-state index is 15.2. The molecule has 185 valence electrons. The third kappa shape index (κ3) is 4.55. The van der Waals surface area contributed by atoms with E-state index in [0.717, 1.165) is 5.69 Å². The summed E-state index contributed by atoms with van der Waals surface area (Å²) in [5.41, 5.74) is 1.63. The van der Waals surface area contributed by atoms with Gasteiger partial charge >= 0.3 is 0 Å². The minimum Gasteiger partial charge on any atom is -0.389 e. The number of β-amino-alcohol motifs (C(OH)–C–C–N with tert-alkyl or cyclic N) is 1. The van der Waals surface area contributed by atoms with Gasteiger partial charge in [-0.15, -0.1) is 0 Å². The molecule has 3 heterocycles. The second-order valence-electron chi connectivity index (χ2n) is 9.15. The molecule has 1 radical (unpaired) electrons. The molecule has 0 aliphatic carbocycles. The standard InChI is InChI=1S/C25H29F2N6O2/c1-3-33-25(29(2)18-6-4-5-17(26)11-18)21-12-19(13-22(27)24(21)28-33)31-9-7-30(8-10-31)16-23(35)32-14-20(34)15-32/h5-6,11-13,20,34H,3,7-10,14-16H2,1-2H3. The van der Waals surface area contributed by atoms with Crippen molar-refractivity contribution in [2.45, 2.75) is 19.6 Å². The molecule has 1 N–H and O–H groups in total. The maximum atomic E-state index is 15.2. The Kier molecular flexibility index (Phi) is 6.33. The van der Waals surface area contributed by atoms with Crippen molar-refractivity contribution in [1.29, 1.82) is 0 Å². The van der Waals surface area contributed by atoms with Crippen LogP contribution in [0.4, 0.5) is 26.0 Å². The number of hydrogen-bond donors (Lipinski definition) is 1. The van der Waals surface area contributed by atoms with Crippen LogP contribution < -0.4 is 9.80 Å². The van der Waals surface area contributed by atoms with E-state index in [-0.39, 0.29) is 11.4 Å². The Morgan fingerprint density at radius 1 is 1.17 bits per heavy atom. The highest BCUT2D eigenvalue weighted by Gasteiger charge is 2.30. The lowest BCUT2D eigenvalue weighted by molar-refractivity contribution is -0.142. The lowest BCUT2D eigenvalue weighted by atomic mass is 10.1. The lowest BCUT2D eigenvalue weighted by Crippen LogP contribution is -2.57. The molecule has 8 nitrogen and oxygen atoms in total. The second kappa shape index (κ2) is 9.43. The maximum Gasteiger partial charge on any atom is 0.236 e. The molecular formula is C25H29F2N6O2. The number of fused-ring (bicyclic) bond motifs is 1. The molecule has 0 spiro atoms. The van der Waals surface area contributed by atoms with Crippen LogP contribution in [0.2, 0.25) is 0 Å². The zero-order valence-corrected chi connectivity index (χ0v) is 19.9. The highest BCUT2D eigenvalue weighted by atomic mass is 19.1. The molecule has 2 aliphatic heterocycles. The molecule has 3 aromatic rings. The van der Waals surface area contributed by atoms with Gasteiger partial charge in [0, 0.05) is 69.6 Å². The van der Waals surface area contributed by atoms with Crippen LogP contribution in [0.25, 0.3) is 10.9 Å². The number of aromatic nitrogens is 2. The largest absolute Gasteiger partial charge is 0.389 e. The minimum absolute atomic E-state index is 0.0328. The van der Waals surface area contributed by atoms with Gasteiger partial charge in [0.15, 0.2) is 5.82 Å². The molecule has 2 aromatic carbocycles. The number of halogens is 2. The topological polar surface area (TPSA) is 68.1 Å². The van der Waals surface area contributed by atoms with Gasteiger partial charge in [-0.3, -0.25) is 9.69 Å². The van der Waals surface area contributed by atoms with Gasteiger partial charge in [0.2, 0.25) is 5.91 Å². The van der Waals surface area contributed by atoms with Crippen LogP contribution in [0, 0.1) is 17.7 Å². The summed E-state index contributed by atoms with van der Waals surface area (Å²) in [5.74, 6) is -0.0810. The molecule has 0 unspecified atom stereocenters. The van der Waals surface area contributed by atoms with Gasteiger partial charge in [-0.2, -0.15) is 5.10 Å². The monoisotopic (exact) mass is 483 g/mol. The van der Waals surface area contributed by atoms with E-state index < -0.39 is 17.7 Å². The molecular weight excluding hydrogens is 454 g/mol. The summed E-state index contributed by atoms with van der Waals surface area (Å²) in [6.07, 6.45) is -0.402. The molecule has 5 rings (SSSR count). The quantitative estimate of drug-likeness (QED) is 0.580. The van der Waals surface area contributed by atoms with Crippen LogP contribution in [-0.2, 0) is 11.3 Å². The van der Waals surface area contributed by atoms with Crippen LogP contribution in [0.1, 0.15) is 6.92 Å². The van der Waals surface area contributed by atoms with Crippen molar-refractivity contribution in [1.82, 2.24) is 19.6 Å². The van der Waals surface area contributed by atoms with Crippen molar-refractivity contribution < 1.29 is 18.7 Å². The van der Waals surface area contributed by atoms with Crippen LogP contribution in [0.15, 0.2) is 30.3 Å². The van der Waals surface area contributed by atoms with E-state index in [0.29, 0.717) is 69.2 Å². The van der Waals surface area contributed by atoms with Gasteiger partial charge < -0.3 is 19.8 Å². The number of aryl methyl sites for hydroxylation is 1. The van der Waals surface area contributed by atoms with E-state index in [4.69, 9.17) is 0 Å². The summed E-state index contributed by atoms with van der Waals surface area (Å²) in [6, 6.07) is 10.6. The first-order valence-corrected chi connectivity index (χ1v) is 11.9. The zero-order valence-electron chi connectivity index (χ0n) is 19.9. The Balaban J connectivity index is 1.37. The summed E-state index contributed by atoms with van der Waals surface area (Å²) in [4.78, 5) is 20.0. The van der Waals surface area contributed by atoms with Crippen molar-refractivity contribution in [3.8, 4) is 0 Å². The Morgan fingerprint density at radius 3 is 2.57 bits per heavy atom. The van der Waals surface area contributed by atoms with Gasteiger partial charge in [-0.25, -0.2) is 13.5 Å². The van der Waals surface area contributed by atoms with Crippen molar-refractivity contribution in [3.63, 3.8) is 0 Å². The van der Waals surface area contributed by atoms with E-state index in [1.54, 1.807) is 20.5 Å². The Morgan fingerprint density at radius 2 is 1.91 bits per heavy atom. The predicted octanol–water partition coefficient (Wildman–Crippen LogP) is 2.23. The van der Waals surface area contributed by atoms with E-state index in [2.05, 4.69) is 21.0 Å². The summed E-state index contributed by atoms with van der Waals surface area (Å²) in [5, 5.41) is 14.5. The summed E-state index contributed by atoms with van der Waals surface area (Å²) < 4.78 is 30.8. The zero-order chi connectivity index (χ0) is 24.7. The third-order valence-electron chi connectivity index (χ3n) is 6.81. The Bertz CT molecular complexity index is 1230. The number of aliphatic hydroxyl groups excluding tert-OH is 1. The SMILES string of the molecule is CCn1nc2c(F)cc(N3CCN(CC(=O)N4CC(O)C4)CC3)cc2c1N(C)c1c[c]cc(F)c1. The molecule has 2 fully saturated rings. The number of piperazine rings is 1. The molecule has 1 amide bonds. The van der Waals surface area contributed by atoms with Gasteiger partial charge in [0.25, 0.3) is 0 Å². The second-order valence-corrected chi connectivity index (χ2v) is 9.15. The molecule has 0 atom stereocenters. The van der Waals surface area contributed by atoms with Gasteiger partial charge in [0.1, 0.15) is 17.2 Å². The highest BCUT2D eigenvalue weighted by molar-refractivity contribution is 5.95. The first-order valence-electron chi connectivity index (χ1n) is 11.9. The number of likely N-dealkylation sites (tertiary alicyclic amines) is 1. The molecule has 0 saturated carbocycles. The molecule has 1 aromatic heterocycles. The number of hydrogen-bond acceptors (Lipinski definition) is 6. The lowest BCUT2D eigenvalue weighted by Gasteiger charge is -2.39. The van der Waals surface area contributed by atoms with Crippen LogP contribution in [0.3, 0.4) is 0 Å². The van der Waals surface area contributed by atoms with Gasteiger partial charge in [-0.05, 0) is 43.3 Å². The first-order chi connectivity index (χ1) is 16.8. The average Bonchev–Trinajstić information content (AvgIpc) is 3.21. The fourth-order valence-corrected chi connectivity index (χ4v) is 4.78. The number of carbonyl (C=O) groups is 1. The summed E-state index contributed by atoms with van der Waals surface area (Å²) >= 11 is 0. The van der Waals surface area contributed by atoms with Gasteiger partial charge in [-0.1, -0.05) is 0 Å². The number of amides is 1. The van der Waals surface area contributed by atoms with E-state index in [1.165, 1.54) is 18.2 Å². The number of anilines is 3. The van der Waals surface area contributed by atoms with Crippen molar-refractivity contribution in [3.05, 3.63) is 48.0 Å². The number of aliphatic hydroxyl groups is 1. The Hall–Kier alpha value is -3.24. The average molecular weight is 484 g/mol. The van der Waals surface area contributed by atoms with Crippen LogP contribution >= 0.6 is 0 Å². The fourth-order valence-electron chi connectivity index (χ4n) is 4.78. The van der Waals surface area contributed by atoms with Crippen molar-refractivity contribution >= 4 is 34.0 Å². The number of benzene rings is 2. The first kappa shape index (κ1) is 23.5. The summed E-state index contributed by atoms with van der Waals surface area (Å²) in [7, 11) is 1.81. The fraction of sp³-hybridized carbons (Fsp3) is 0.440. The highest BCUT2D eigenvalue weighted by Crippen LogP contribution is 2.35. The van der Waals surface area contributed by atoms with Crippen molar-refractivity contribution in [2.24, 2.45) is 0 Å². The van der Waals surface area contributed by atoms with E-state index in [9.17, 15) is 14.3 Å². The molecule has 10 heteroatoms. The Labute approximate surface area is 202 Å². The molecule has 2 aliphatic rings. The van der Waals surface area contributed by atoms with Gasteiger partial charge in [0.05, 0.1) is 12.6 Å².